The Bertz CT molecular complexity index is 794. The average Bonchev–Trinajstić information content (AvgIpc) is 2.61. The minimum atomic E-state index is -0.333. The number of rotatable bonds is 4. The molecule has 0 amide bonds. The third-order valence-corrected chi connectivity index (χ3v) is 5.54. The Balaban J connectivity index is 1.77. The zero-order valence-corrected chi connectivity index (χ0v) is 15.7. The maximum atomic E-state index is 11.7. The van der Waals surface area contributed by atoms with Crippen molar-refractivity contribution in [3.05, 3.63) is 58.9 Å². The Labute approximate surface area is 153 Å². The highest BCUT2D eigenvalue weighted by molar-refractivity contribution is 7.99. The molecule has 25 heavy (non-hydrogen) atoms. The van der Waals surface area contributed by atoms with Crippen LogP contribution in [-0.2, 0) is 10.2 Å². The number of aromatic nitrogens is 1. The van der Waals surface area contributed by atoms with Crippen LogP contribution in [-0.4, -0.2) is 23.3 Å². The molecule has 0 fully saturated rings. The lowest BCUT2D eigenvalue weighted by Gasteiger charge is -2.32. The molecule has 0 saturated carbocycles. The molecule has 4 heteroatoms. The molecule has 3 rings (SSSR count). The topological polar surface area (TPSA) is 39.2 Å². The van der Waals surface area contributed by atoms with Gasteiger partial charge in [-0.05, 0) is 59.9 Å². The van der Waals surface area contributed by atoms with E-state index in [0.717, 1.165) is 5.69 Å². The quantitative estimate of drug-likeness (QED) is 0.708. The number of carbonyl (C=O) groups excluding carboxylic acids is 1. The summed E-state index contributed by atoms with van der Waals surface area (Å²) in [5, 5.41) is 0. The van der Waals surface area contributed by atoms with E-state index >= 15 is 0 Å². The highest BCUT2D eigenvalue weighted by atomic mass is 32.2. The number of hydrogen-bond acceptors (Lipinski definition) is 4. The van der Waals surface area contributed by atoms with E-state index < -0.39 is 0 Å². The average molecular weight is 353 g/mol. The third kappa shape index (κ3) is 4.13. The summed E-state index contributed by atoms with van der Waals surface area (Å²) in [6.07, 6.45) is 6.81. The molecular weight excluding hydrogens is 330 g/mol. The molecule has 0 unspecified atom stereocenters. The minimum absolute atomic E-state index is 0.226. The normalized spacial score (nSPS) is 15.8. The molecular formula is C21H23NO2S. The highest BCUT2D eigenvalue weighted by Gasteiger charge is 2.27. The SMILES string of the molecule is CCOC(=O)c1ccc(/C=C/c2ccc3c(c2)C(C)(C)CCS3)nc1. The molecule has 1 aliphatic rings. The second kappa shape index (κ2) is 7.44. The van der Waals surface area contributed by atoms with Crippen molar-refractivity contribution in [2.75, 3.05) is 12.4 Å². The van der Waals surface area contributed by atoms with E-state index in [1.54, 1.807) is 19.2 Å². The van der Waals surface area contributed by atoms with E-state index in [2.05, 4.69) is 43.1 Å². The molecule has 3 nitrogen and oxygen atoms in total. The van der Waals surface area contributed by atoms with Gasteiger partial charge in [-0.2, -0.15) is 0 Å². The summed E-state index contributed by atoms with van der Waals surface area (Å²) in [4.78, 5) is 17.4. The van der Waals surface area contributed by atoms with Crippen LogP contribution in [0.25, 0.3) is 12.2 Å². The van der Waals surface area contributed by atoms with Gasteiger partial charge < -0.3 is 4.74 Å². The van der Waals surface area contributed by atoms with Crippen molar-refractivity contribution < 1.29 is 9.53 Å². The molecule has 130 valence electrons. The van der Waals surface area contributed by atoms with Crippen LogP contribution in [0.4, 0.5) is 0 Å². The number of thioether (sulfide) groups is 1. The first-order valence-corrected chi connectivity index (χ1v) is 9.57. The fraction of sp³-hybridized carbons (Fsp3) is 0.333. The maximum absolute atomic E-state index is 11.7. The number of hydrogen-bond donors (Lipinski definition) is 0. The summed E-state index contributed by atoms with van der Waals surface area (Å²) in [6.45, 7) is 6.79. The standard InChI is InChI=1S/C21H23NO2S/c1-4-24-20(23)16-7-9-17(22-14-16)8-5-15-6-10-19-18(13-15)21(2,3)11-12-25-19/h5-10,13-14H,4,11-12H2,1-3H3/b8-5+. The first-order chi connectivity index (χ1) is 12.0. The van der Waals surface area contributed by atoms with Gasteiger partial charge in [0.25, 0.3) is 0 Å². The van der Waals surface area contributed by atoms with Crippen LogP contribution in [0.2, 0.25) is 0 Å². The lowest BCUT2D eigenvalue weighted by Crippen LogP contribution is -2.22. The van der Waals surface area contributed by atoms with E-state index in [-0.39, 0.29) is 11.4 Å². The van der Waals surface area contributed by atoms with Crippen molar-refractivity contribution in [3.63, 3.8) is 0 Å². The van der Waals surface area contributed by atoms with Gasteiger partial charge in [0.05, 0.1) is 17.9 Å². The third-order valence-electron chi connectivity index (χ3n) is 4.46. The Hall–Kier alpha value is -2.07. The summed E-state index contributed by atoms with van der Waals surface area (Å²) in [7, 11) is 0. The second-order valence-electron chi connectivity index (χ2n) is 6.76. The van der Waals surface area contributed by atoms with Crippen LogP contribution in [0.5, 0.6) is 0 Å². The summed E-state index contributed by atoms with van der Waals surface area (Å²) < 4.78 is 4.97. The molecule has 2 heterocycles. The van der Waals surface area contributed by atoms with Gasteiger partial charge in [-0.25, -0.2) is 4.79 Å². The molecule has 0 aliphatic carbocycles. The first kappa shape index (κ1) is 17.7. The molecule has 1 aliphatic heterocycles. The fourth-order valence-corrected chi connectivity index (χ4v) is 4.36. The molecule has 0 atom stereocenters. The lowest BCUT2D eigenvalue weighted by atomic mass is 9.81. The molecule has 0 radical (unpaired) electrons. The largest absolute Gasteiger partial charge is 0.462 e. The molecule has 1 aromatic carbocycles. The van der Waals surface area contributed by atoms with E-state index in [9.17, 15) is 4.79 Å². The summed E-state index contributed by atoms with van der Waals surface area (Å²) in [5.74, 6) is 0.853. The van der Waals surface area contributed by atoms with Gasteiger partial charge in [0.2, 0.25) is 0 Å². The Morgan fingerprint density at radius 1 is 1.28 bits per heavy atom. The Morgan fingerprint density at radius 3 is 2.84 bits per heavy atom. The van der Waals surface area contributed by atoms with Crippen LogP contribution in [0, 0.1) is 0 Å². The van der Waals surface area contributed by atoms with Crippen LogP contribution in [0.3, 0.4) is 0 Å². The second-order valence-corrected chi connectivity index (χ2v) is 7.90. The molecule has 0 saturated heterocycles. The Kier molecular flexibility index (Phi) is 5.28. The van der Waals surface area contributed by atoms with E-state index in [1.807, 2.05) is 23.9 Å². The number of fused-ring (bicyclic) bond motifs is 1. The van der Waals surface area contributed by atoms with Crippen molar-refractivity contribution in [3.8, 4) is 0 Å². The predicted molar refractivity (Wildman–Crippen MR) is 104 cm³/mol. The van der Waals surface area contributed by atoms with Gasteiger partial charge >= 0.3 is 5.97 Å². The van der Waals surface area contributed by atoms with Gasteiger partial charge in [0.15, 0.2) is 0 Å². The number of pyridine rings is 1. The Morgan fingerprint density at radius 2 is 2.12 bits per heavy atom. The molecule has 0 bridgehead atoms. The van der Waals surface area contributed by atoms with Crippen molar-refractivity contribution in [2.24, 2.45) is 0 Å². The van der Waals surface area contributed by atoms with Crippen molar-refractivity contribution >= 4 is 29.9 Å². The first-order valence-electron chi connectivity index (χ1n) is 8.58. The molecule has 1 aromatic heterocycles. The van der Waals surface area contributed by atoms with Gasteiger partial charge in [-0.3, -0.25) is 4.98 Å². The van der Waals surface area contributed by atoms with Crippen LogP contribution < -0.4 is 0 Å². The number of ether oxygens (including phenoxy) is 1. The molecule has 0 spiro atoms. The highest BCUT2D eigenvalue weighted by Crippen LogP contribution is 2.41. The minimum Gasteiger partial charge on any atom is -0.462 e. The van der Waals surface area contributed by atoms with Crippen LogP contribution in [0.1, 0.15) is 54.4 Å². The summed E-state index contributed by atoms with van der Waals surface area (Å²) >= 11 is 1.94. The number of carbonyl (C=O) groups is 1. The van der Waals surface area contributed by atoms with Gasteiger partial charge in [-0.1, -0.05) is 32.1 Å². The monoisotopic (exact) mass is 353 g/mol. The summed E-state index contributed by atoms with van der Waals surface area (Å²) in [5.41, 5.74) is 4.12. The van der Waals surface area contributed by atoms with E-state index in [4.69, 9.17) is 4.74 Å². The van der Waals surface area contributed by atoms with Gasteiger partial charge in [0, 0.05) is 11.1 Å². The summed E-state index contributed by atoms with van der Waals surface area (Å²) in [6, 6.07) is 10.2. The lowest BCUT2D eigenvalue weighted by molar-refractivity contribution is 0.0526. The van der Waals surface area contributed by atoms with Crippen LogP contribution in [0.15, 0.2) is 41.4 Å². The molecule has 0 N–H and O–H groups in total. The number of esters is 1. The van der Waals surface area contributed by atoms with Gasteiger partial charge in [0.1, 0.15) is 0 Å². The van der Waals surface area contributed by atoms with Crippen molar-refractivity contribution in [1.82, 2.24) is 4.98 Å². The van der Waals surface area contributed by atoms with Crippen LogP contribution >= 0.6 is 11.8 Å². The number of nitrogens with zero attached hydrogens (tertiary/aromatic N) is 1. The van der Waals surface area contributed by atoms with Gasteiger partial charge in [-0.15, -0.1) is 11.8 Å². The zero-order chi connectivity index (χ0) is 17.9. The zero-order valence-electron chi connectivity index (χ0n) is 14.9. The molecule has 2 aromatic rings. The maximum Gasteiger partial charge on any atom is 0.339 e. The fourth-order valence-electron chi connectivity index (χ4n) is 2.88. The van der Waals surface area contributed by atoms with E-state index in [0.29, 0.717) is 12.2 Å². The van der Waals surface area contributed by atoms with Crippen molar-refractivity contribution in [2.45, 2.75) is 37.5 Å². The van der Waals surface area contributed by atoms with E-state index in [1.165, 1.54) is 28.2 Å². The smallest absolute Gasteiger partial charge is 0.339 e. The number of benzene rings is 1. The van der Waals surface area contributed by atoms with Crippen molar-refractivity contribution in [1.29, 1.82) is 0 Å². The predicted octanol–water partition coefficient (Wildman–Crippen LogP) is 5.20.